The van der Waals surface area contributed by atoms with E-state index in [0.717, 1.165) is 13.1 Å². The van der Waals surface area contributed by atoms with Crippen LogP contribution in [0.5, 0.6) is 0 Å². The lowest BCUT2D eigenvalue weighted by Crippen LogP contribution is -2.17. The van der Waals surface area contributed by atoms with Crippen LogP contribution in [0.2, 0.25) is 0 Å². The molecule has 1 unspecified atom stereocenters. The molecule has 0 aliphatic carbocycles. The van der Waals surface area contributed by atoms with Crippen molar-refractivity contribution in [2.45, 2.75) is 44.9 Å². The number of hydrogen-bond acceptors (Lipinski definition) is 1. The molecule has 0 aromatic heterocycles. The van der Waals surface area contributed by atoms with Gasteiger partial charge in [0.15, 0.2) is 0 Å². The van der Waals surface area contributed by atoms with Crippen LogP contribution in [0.4, 0.5) is 0 Å². The first kappa shape index (κ1) is 16.8. The molecule has 0 aliphatic heterocycles. The average molecular weight is 295 g/mol. The van der Waals surface area contributed by atoms with Crippen molar-refractivity contribution < 1.29 is 0 Å². The zero-order chi connectivity index (χ0) is 15.5. The summed E-state index contributed by atoms with van der Waals surface area (Å²) in [5, 5.41) is 3.57. The molecule has 0 saturated heterocycles. The predicted molar refractivity (Wildman–Crippen MR) is 96.3 cm³/mol. The van der Waals surface area contributed by atoms with Crippen LogP contribution >= 0.6 is 0 Å². The molecule has 1 N–H and O–H groups in total. The highest BCUT2D eigenvalue weighted by atomic mass is 14.8. The fourth-order valence-corrected chi connectivity index (χ4v) is 2.84. The van der Waals surface area contributed by atoms with Gasteiger partial charge < -0.3 is 5.32 Å². The highest BCUT2D eigenvalue weighted by Gasteiger charge is 2.03. The third kappa shape index (κ3) is 6.44. The Hall–Kier alpha value is -1.60. The second-order valence-electron chi connectivity index (χ2n) is 6.15. The van der Waals surface area contributed by atoms with E-state index in [4.69, 9.17) is 0 Å². The number of aryl methyl sites for hydroxylation is 1. The largest absolute Gasteiger partial charge is 0.317 e. The van der Waals surface area contributed by atoms with Gasteiger partial charge >= 0.3 is 0 Å². The van der Waals surface area contributed by atoms with Gasteiger partial charge in [-0.15, -0.1) is 0 Å². The molecule has 1 atom stereocenters. The number of nitrogens with one attached hydrogen (secondary N) is 1. The molecule has 0 aliphatic rings. The van der Waals surface area contributed by atoms with Crippen molar-refractivity contribution >= 4 is 0 Å². The fraction of sp³-hybridized carbons (Fsp3) is 0.429. The zero-order valence-electron chi connectivity index (χ0n) is 13.8. The second kappa shape index (κ2) is 10.2. The van der Waals surface area contributed by atoms with Crippen LogP contribution in [0, 0.1) is 0 Å². The molecule has 0 radical (unpaired) electrons. The van der Waals surface area contributed by atoms with Crippen LogP contribution in [0.1, 0.15) is 49.7 Å². The maximum atomic E-state index is 3.57. The minimum absolute atomic E-state index is 0.680. The Morgan fingerprint density at radius 2 is 1.41 bits per heavy atom. The first-order valence-electron chi connectivity index (χ1n) is 8.66. The smallest absolute Gasteiger partial charge is 0.00457 e. The molecule has 0 amide bonds. The monoisotopic (exact) mass is 295 g/mol. The van der Waals surface area contributed by atoms with E-state index in [9.17, 15) is 0 Å². The summed E-state index contributed by atoms with van der Waals surface area (Å²) in [6.07, 6.45) is 6.28. The quantitative estimate of drug-likeness (QED) is 0.595. The summed E-state index contributed by atoms with van der Waals surface area (Å²) in [6, 6.07) is 21.6. The summed E-state index contributed by atoms with van der Waals surface area (Å²) < 4.78 is 0. The van der Waals surface area contributed by atoms with E-state index in [0.29, 0.717) is 5.92 Å². The van der Waals surface area contributed by atoms with Gasteiger partial charge in [-0.2, -0.15) is 0 Å². The number of hydrogen-bond donors (Lipinski definition) is 1. The fourth-order valence-electron chi connectivity index (χ4n) is 2.84. The number of rotatable bonds is 10. The molecule has 0 spiro atoms. The first-order chi connectivity index (χ1) is 10.9. The Morgan fingerprint density at radius 3 is 2.14 bits per heavy atom. The van der Waals surface area contributed by atoms with E-state index < -0.39 is 0 Å². The lowest BCUT2D eigenvalue weighted by molar-refractivity contribution is 0.560. The van der Waals surface area contributed by atoms with Crippen molar-refractivity contribution in [2.75, 3.05) is 13.1 Å². The molecule has 0 heterocycles. The van der Waals surface area contributed by atoms with Gasteiger partial charge in [-0.05, 0) is 55.8 Å². The molecular weight excluding hydrogens is 266 g/mol. The third-order valence-corrected chi connectivity index (χ3v) is 4.27. The van der Waals surface area contributed by atoms with Gasteiger partial charge in [-0.1, -0.05) is 74.0 Å². The molecule has 1 nitrogen and oxygen atoms in total. The third-order valence-electron chi connectivity index (χ3n) is 4.27. The molecule has 2 aromatic carbocycles. The number of unbranched alkanes of at least 4 members (excludes halogenated alkanes) is 1. The van der Waals surface area contributed by atoms with Gasteiger partial charge in [-0.3, -0.25) is 0 Å². The maximum absolute atomic E-state index is 3.57. The Kier molecular flexibility index (Phi) is 7.76. The SMILES string of the molecule is CC(CCCCNCCCc1ccccc1)c1ccccc1. The highest BCUT2D eigenvalue weighted by molar-refractivity contribution is 5.18. The molecule has 22 heavy (non-hydrogen) atoms. The van der Waals surface area contributed by atoms with Gasteiger partial charge in [0.1, 0.15) is 0 Å². The summed E-state index contributed by atoms with van der Waals surface area (Å²) in [7, 11) is 0. The van der Waals surface area contributed by atoms with Crippen LogP contribution in [0.15, 0.2) is 60.7 Å². The van der Waals surface area contributed by atoms with Crippen molar-refractivity contribution in [1.82, 2.24) is 5.32 Å². The second-order valence-corrected chi connectivity index (χ2v) is 6.15. The number of benzene rings is 2. The Balaban J connectivity index is 1.46. The van der Waals surface area contributed by atoms with Crippen LogP contribution in [0.3, 0.4) is 0 Å². The standard InChI is InChI=1S/C21H29N/c1-19(21-15-6-3-7-16-21)11-8-9-17-22-18-10-14-20-12-4-2-5-13-20/h2-7,12-13,15-16,19,22H,8-11,14,17-18H2,1H3. The minimum Gasteiger partial charge on any atom is -0.317 e. The van der Waals surface area contributed by atoms with Crippen molar-refractivity contribution in [2.24, 2.45) is 0 Å². The van der Waals surface area contributed by atoms with Crippen molar-refractivity contribution in [3.05, 3.63) is 71.8 Å². The molecule has 0 bridgehead atoms. The summed E-state index contributed by atoms with van der Waals surface area (Å²) >= 11 is 0. The molecule has 1 heteroatoms. The van der Waals surface area contributed by atoms with E-state index >= 15 is 0 Å². The summed E-state index contributed by atoms with van der Waals surface area (Å²) in [5.74, 6) is 0.680. The van der Waals surface area contributed by atoms with E-state index in [1.165, 1.54) is 43.2 Å². The van der Waals surface area contributed by atoms with Crippen molar-refractivity contribution in [1.29, 1.82) is 0 Å². The van der Waals surface area contributed by atoms with Crippen LogP contribution in [-0.2, 0) is 6.42 Å². The van der Waals surface area contributed by atoms with E-state index in [1.807, 2.05) is 0 Å². The average Bonchev–Trinajstić information content (AvgIpc) is 2.59. The van der Waals surface area contributed by atoms with E-state index in [-0.39, 0.29) is 0 Å². The minimum atomic E-state index is 0.680. The van der Waals surface area contributed by atoms with E-state index in [2.05, 4.69) is 72.9 Å². The van der Waals surface area contributed by atoms with Crippen LogP contribution < -0.4 is 5.32 Å². The van der Waals surface area contributed by atoms with Gasteiger partial charge in [0.05, 0.1) is 0 Å². The normalized spacial score (nSPS) is 12.2. The van der Waals surface area contributed by atoms with Crippen LogP contribution in [-0.4, -0.2) is 13.1 Å². The van der Waals surface area contributed by atoms with Crippen molar-refractivity contribution in [3.8, 4) is 0 Å². The Morgan fingerprint density at radius 1 is 0.773 bits per heavy atom. The van der Waals surface area contributed by atoms with Gasteiger partial charge in [0, 0.05) is 0 Å². The van der Waals surface area contributed by atoms with Crippen LogP contribution in [0.25, 0.3) is 0 Å². The molecular formula is C21H29N. The van der Waals surface area contributed by atoms with Gasteiger partial charge in [0.2, 0.25) is 0 Å². The first-order valence-corrected chi connectivity index (χ1v) is 8.66. The summed E-state index contributed by atoms with van der Waals surface area (Å²) in [5.41, 5.74) is 2.92. The van der Waals surface area contributed by atoms with Gasteiger partial charge in [0.25, 0.3) is 0 Å². The summed E-state index contributed by atoms with van der Waals surface area (Å²) in [6.45, 7) is 4.61. The van der Waals surface area contributed by atoms with Crippen molar-refractivity contribution in [3.63, 3.8) is 0 Å². The summed E-state index contributed by atoms with van der Waals surface area (Å²) in [4.78, 5) is 0. The lowest BCUT2D eigenvalue weighted by Gasteiger charge is -2.11. The molecule has 2 rings (SSSR count). The predicted octanol–water partition coefficient (Wildman–Crippen LogP) is 5.18. The molecule has 118 valence electrons. The molecule has 2 aromatic rings. The van der Waals surface area contributed by atoms with E-state index in [1.54, 1.807) is 0 Å². The Labute approximate surface area is 135 Å². The van der Waals surface area contributed by atoms with Gasteiger partial charge in [-0.25, -0.2) is 0 Å². The highest BCUT2D eigenvalue weighted by Crippen LogP contribution is 2.20. The topological polar surface area (TPSA) is 12.0 Å². The lowest BCUT2D eigenvalue weighted by atomic mass is 9.95. The molecule has 0 saturated carbocycles. The Bertz CT molecular complexity index is 492. The maximum Gasteiger partial charge on any atom is -0.00457 e. The zero-order valence-corrected chi connectivity index (χ0v) is 13.8. The molecule has 0 fully saturated rings.